The van der Waals surface area contributed by atoms with Crippen LogP contribution >= 0.6 is 0 Å². The van der Waals surface area contributed by atoms with Gasteiger partial charge in [-0.15, -0.1) is 0 Å². The molecule has 1 amide bonds. The van der Waals surface area contributed by atoms with Gasteiger partial charge in [-0.2, -0.15) is 4.39 Å². The first-order valence-corrected chi connectivity index (χ1v) is 12.6. The van der Waals surface area contributed by atoms with E-state index in [0.29, 0.717) is 22.4 Å². The van der Waals surface area contributed by atoms with Crippen molar-refractivity contribution >= 4 is 21.6 Å². The summed E-state index contributed by atoms with van der Waals surface area (Å²) in [7, 11) is -3.74. The topological polar surface area (TPSA) is 88.2 Å². The number of carbonyl (C=O) groups is 1. The highest BCUT2D eigenvalue weighted by atomic mass is 32.2. The Balaban J connectivity index is 1.55. The minimum absolute atomic E-state index is 0.0559. The molecular weight excluding hydrogens is 429 g/mol. The van der Waals surface area contributed by atoms with Crippen LogP contribution in [0.2, 0.25) is 0 Å². The van der Waals surface area contributed by atoms with Gasteiger partial charge in [0.1, 0.15) is 0 Å². The Kier molecular flexibility index (Phi) is 5.88. The van der Waals surface area contributed by atoms with Crippen molar-refractivity contribution in [1.29, 1.82) is 0 Å². The van der Waals surface area contributed by atoms with Gasteiger partial charge >= 0.3 is 0 Å². The lowest BCUT2D eigenvalue weighted by molar-refractivity contribution is 0.102. The van der Waals surface area contributed by atoms with Crippen LogP contribution in [0.5, 0.6) is 0 Å². The van der Waals surface area contributed by atoms with Crippen molar-refractivity contribution in [3.63, 3.8) is 0 Å². The molecule has 1 heterocycles. The number of amides is 1. The zero-order valence-electron chi connectivity index (χ0n) is 18.7. The van der Waals surface area contributed by atoms with Gasteiger partial charge in [0.25, 0.3) is 5.91 Å². The fraction of sp³-hybridized carbons (Fsp3) is 0.500. The highest BCUT2D eigenvalue weighted by molar-refractivity contribution is 7.89. The van der Waals surface area contributed by atoms with Gasteiger partial charge in [-0.3, -0.25) is 4.79 Å². The number of nitrogens with zero attached hydrogens (tertiary/aromatic N) is 1. The maximum atomic E-state index is 14.0. The van der Waals surface area contributed by atoms with E-state index in [1.807, 2.05) is 0 Å². The summed E-state index contributed by atoms with van der Waals surface area (Å²) in [5.74, 6) is -0.956. The Labute approximate surface area is 189 Å². The molecule has 2 N–H and O–H groups in total. The van der Waals surface area contributed by atoms with Gasteiger partial charge in [0.05, 0.1) is 16.2 Å². The molecule has 4 rings (SSSR count). The molecule has 1 aromatic heterocycles. The molecule has 2 fully saturated rings. The van der Waals surface area contributed by atoms with E-state index in [9.17, 15) is 17.6 Å². The van der Waals surface area contributed by atoms with Crippen LogP contribution < -0.4 is 10.0 Å². The number of aromatic nitrogens is 1. The van der Waals surface area contributed by atoms with Crippen LogP contribution in [-0.2, 0) is 10.0 Å². The molecule has 32 heavy (non-hydrogen) atoms. The minimum Gasteiger partial charge on any atom is -0.322 e. The van der Waals surface area contributed by atoms with Crippen LogP contribution in [0.3, 0.4) is 0 Å². The van der Waals surface area contributed by atoms with Gasteiger partial charge < -0.3 is 5.32 Å². The average Bonchev–Trinajstić information content (AvgIpc) is 3.45. The number of hydrogen-bond acceptors (Lipinski definition) is 4. The Morgan fingerprint density at radius 2 is 1.78 bits per heavy atom. The number of sulfonamides is 1. The summed E-state index contributed by atoms with van der Waals surface area (Å²) >= 11 is 0. The van der Waals surface area contributed by atoms with Crippen molar-refractivity contribution in [3.05, 3.63) is 53.6 Å². The van der Waals surface area contributed by atoms with Crippen molar-refractivity contribution in [2.45, 2.75) is 75.6 Å². The number of hydrogen-bond donors (Lipinski definition) is 2. The van der Waals surface area contributed by atoms with E-state index in [1.165, 1.54) is 37.1 Å². The smallest absolute Gasteiger partial charge is 0.257 e. The van der Waals surface area contributed by atoms with Gasteiger partial charge in [0, 0.05) is 17.1 Å². The Hall–Kier alpha value is -2.32. The molecule has 0 unspecified atom stereocenters. The van der Waals surface area contributed by atoms with Crippen LogP contribution in [0.15, 0.2) is 41.3 Å². The van der Waals surface area contributed by atoms with Gasteiger partial charge in [-0.25, -0.2) is 18.1 Å². The summed E-state index contributed by atoms with van der Waals surface area (Å²) in [5, 5.41) is 2.77. The SMILES string of the molecule is CC(C)(C)NS(=O)(=O)c1cccc(NC(=O)c2ccc(F)nc2C2CCC3(CC2)CC3)c1. The van der Waals surface area contributed by atoms with E-state index < -0.39 is 27.4 Å². The third-order valence-electron chi connectivity index (χ3n) is 6.37. The predicted molar refractivity (Wildman–Crippen MR) is 122 cm³/mol. The Morgan fingerprint density at radius 3 is 2.41 bits per heavy atom. The summed E-state index contributed by atoms with van der Waals surface area (Å²) in [6, 6.07) is 8.76. The zero-order valence-corrected chi connectivity index (χ0v) is 19.6. The Morgan fingerprint density at radius 1 is 1.09 bits per heavy atom. The van der Waals surface area contributed by atoms with Crippen LogP contribution in [0, 0.1) is 11.4 Å². The van der Waals surface area contributed by atoms with Crippen LogP contribution in [0.4, 0.5) is 10.1 Å². The summed E-state index contributed by atoms with van der Waals surface area (Å²) in [5.41, 5.74) is 1.04. The molecule has 0 radical (unpaired) electrons. The monoisotopic (exact) mass is 459 g/mol. The normalized spacial score (nSPS) is 18.5. The predicted octanol–water partition coefficient (Wildman–Crippen LogP) is 4.99. The third kappa shape index (κ3) is 5.18. The molecule has 8 heteroatoms. The highest BCUT2D eigenvalue weighted by Crippen LogP contribution is 2.58. The van der Waals surface area contributed by atoms with Gasteiger partial charge in [0.2, 0.25) is 16.0 Å². The van der Waals surface area contributed by atoms with Crippen molar-refractivity contribution in [2.75, 3.05) is 5.32 Å². The number of benzene rings is 1. The maximum Gasteiger partial charge on any atom is 0.257 e. The van der Waals surface area contributed by atoms with E-state index in [4.69, 9.17) is 0 Å². The molecule has 2 aliphatic carbocycles. The van der Waals surface area contributed by atoms with Gasteiger partial charge in [-0.05, 0) is 95.0 Å². The van der Waals surface area contributed by atoms with Gasteiger partial charge in [-0.1, -0.05) is 6.07 Å². The molecule has 2 saturated carbocycles. The quantitative estimate of drug-likeness (QED) is 0.617. The zero-order chi connectivity index (χ0) is 23.1. The van der Waals surface area contributed by atoms with E-state index in [1.54, 1.807) is 32.9 Å². The molecule has 1 spiro atoms. The molecule has 2 aliphatic rings. The summed E-state index contributed by atoms with van der Waals surface area (Å²) in [4.78, 5) is 17.2. The standard InChI is InChI=1S/C24H30FN3O3S/c1-23(2,3)28-32(30,31)18-6-4-5-17(15-18)26-22(29)19-7-8-20(25)27-21(19)16-9-11-24(12-10-16)13-14-24/h4-8,15-16,28H,9-14H2,1-3H3,(H,26,29). The molecule has 2 aromatic rings. The van der Waals surface area contributed by atoms with E-state index in [2.05, 4.69) is 15.0 Å². The minimum atomic E-state index is -3.74. The van der Waals surface area contributed by atoms with Gasteiger partial charge in [0.15, 0.2) is 0 Å². The summed E-state index contributed by atoms with van der Waals surface area (Å²) in [6.07, 6.45) is 6.54. The third-order valence-corrected chi connectivity index (χ3v) is 8.12. The number of halogens is 1. The number of nitrogens with one attached hydrogen (secondary N) is 2. The fourth-order valence-electron chi connectivity index (χ4n) is 4.54. The fourth-order valence-corrected chi connectivity index (χ4v) is 6.00. The molecule has 172 valence electrons. The lowest BCUT2D eigenvalue weighted by atomic mass is 9.77. The number of anilines is 1. The summed E-state index contributed by atoms with van der Waals surface area (Å²) in [6.45, 7) is 5.28. The first kappa shape index (κ1) is 22.9. The number of pyridine rings is 1. The van der Waals surface area contributed by atoms with E-state index in [0.717, 1.165) is 25.7 Å². The van der Waals surface area contributed by atoms with Crippen molar-refractivity contribution in [1.82, 2.24) is 9.71 Å². The molecule has 6 nitrogen and oxygen atoms in total. The van der Waals surface area contributed by atoms with E-state index in [-0.39, 0.29) is 10.8 Å². The lowest BCUT2D eigenvalue weighted by Crippen LogP contribution is -2.40. The van der Waals surface area contributed by atoms with Crippen LogP contribution in [0.1, 0.15) is 81.3 Å². The largest absolute Gasteiger partial charge is 0.322 e. The second kappa shape index (κ2) is 8.23. The average molecular weight is 460 g/mol. The van der Waals surface area contributed by atoms with Crippen LogP contribution in [0.25, 0.3) is 0 Å². The molecule has 0 saturated heterocycles. The molecule has 1 aromatic carbocycles. The van der Waals surface area contributed by atoms with E-state index >= 15 is 0 Å². The molecule has 0 aliphatic heterocycles. The first-order chi connectivity index (χ1) is 15.0. The maximum absolute atomic E-state index is 14.0. The van der Waals surface area contributed by atoms with Crippen molar-refractivity contribution in [2.24, 2.45) is 5.41 Å². The second-order valence-electron chi connectivity index (χ2n) is 10.2. The van der Waals surface area contributed by atoms with Crippen molar-refractivity contribution < 1.29 is 17.6 Å². The molecule has 0 bridgehead atoms. The lowest BCUT2D eigenvalue weighted by Gasteiger charge is -2.29. The second-order valence-corrected chi connectivity index (χ2v) is 11.9. The molecule has 0 atom stereocenters. The number of rotatable bonds is 5. The van der Waals surface area contributed by atoms with Crippen LogP contribution in [-0.4, -0.2) is 24.8 Å². The molecular formula is C24H30FN3O3S. The first-order valence-electron chi connectivity index (χ1n) is 11.1. The summed E-state index contributed by atoms with van der Waals surface area (Å²) < 4.78 is 41.8. The number of carbonyl (C=O) groups excluding carboxylic acids is 1. The highest BCUT2D eigenvalue weighted by Gasteiger charge is 2.45. The Bertz CT molecular complexity index is 1130. The van der Waals surface area contributed by atoms with Crippen molar-refractivity contribution in [3.8, 4) is 0 Å².